The van der Waals surface area contributed by atoms with E-state index in [4.69, 9.17) is 0 Å². The number of piperidine rings is 1. The lowest BCUT2D eigenvalue weighted by Crippen LogP contribution is -2.55. The minimum Gasteiger partial charge on any atom is -0.312 e. The van der Waals surface area contributed by atoms with Crippen molar-refractivity contribution in [2.24, 2.45) is 11.8 Å². The van der Waals surface area contributed by atoms with Crippen LogP contribution in [0.1, 0.15) is 65.2 Å². The maximum absolute atomic E-state index is 3.77. The van der Waals surface area contributed by atoms with Crippen LogP contribution in [0.15, 0.2) is 0 Å². The highest BCUT2D eigenvalue weighted by Crippen LogP contribution is 2.36. The molecule has 2 heterocycles. The lowest BCUT2D eigenvalue weighted by molar-refractivity contribution is 0.0334. The van der Waals surface area contributed by atoms with Gasteiger partial charge >= 0.3 is 0 Å². The molecule has 0 bridgehead atoms. The summed E-state index contributed by atoms with van der Waals surface area (Å²) in [5.74, 6) is 1.88. The maximum atomic E-state index is 3.77. The number of hydrogen-bond acceptors (Lipinski definition) is 2. The Kier molecular flexibility index (Phi) is 4.48. The van der Waals surface area contributed by atoms with Gasteiger partial charge in [0.15, 0.2) is 0 Å². The summed E-state index contributed by atoms with van der Waals surface area (Å²) in [4.78, 5) is 2.93. The van der Waals surface area contributed by atoms with Gasteiger partial charge in [-0.25, -0.2) is 0 Å². The third-order valence-corrected chi connectivity index (χ3v) is 6.19. The van der Waals surface area contributed by atoms with E-state index in [0.29, 0.717) is 0 Å². The Labute approximate surface area is 119 Å². The Balaban J connectivity index is 1.66. The Morgan fingerprint density at radius 2 is 1.79 bits per heavy atom. The molecular formula is C17H32N2. The molecule has 2 heteroatoms. The number of nitrogens with one attached hydrogen (secondary N) is 1. The quantitative estimate of drug-likeness (QED) is 0.822. The average Bonchev–Trinajstić information content (AvgIpc) is 2.96. The van der Waals surface area contributed by atoms with Gasteiger partial charge in [-0.1, -0.05) is 20.3 Å². The van der Waals surface area contributed by atoms with Crippen molar-refractivity contribution in [2.45, 2.75) is 83.3 Å². The van der Waals surface area contributed by atoms with Gasteiger partial charge in [-0.15, -0.1) is 0 Å². The third-order valence-electron chi connectivity index (χ3n) is 6.19. The summed E-state index contributed by atoms with van der Waals surface area (Å²) in [7, 11) is 0. The van der Waals surface area contributed by atoms with E-state index >= 15 is 0 Å². The summed E-state index contributed by atoms with van der Waals surface area (Å²) in [6.45, 7) is 7.55. The second kappa shape index (κ2) is 6.13. The first-order valence-corrected chi connectivity index (χ1v) is 8.75. The Morgan fingerprint density at radius 3 is 2.53 bits per heavy atom. The van der Waals surface area contributed by atoms with Crippen LogP contribution in [0.2, 0.25) is 0 Å². The molecule has 0 amide bonds. The van der Waals surface area contributed by atoms with Crippen LogP contribution < -0.4 is 5.32 Å². The highest BCUT2D eigenvalue weighted by Gasteiger charge is 2.37. The van der Waals surface area contributed by atoms with Crippen LogP contribution in [-0.2, 0) is 0 Å². The summed E-state index contributed by atoms with van der Waals surface area (Å²) in [5, 5.41) is 3.77. The van der Waals surface area contributed by atoms with Crippen LogP contribution in [0, 0.1) is 11.8 Å². The largest absolute Gasteiger partial charge is 0.312 e. The molecule has 0 aromatic carbocycles. The zero-order valence-corrected chi connectivity index (χ0v) is 12.9. The van der Waals surface area contributed by atoms with Crippen molar-refractivity contribution in [3.63, 3.8) is 0 Å². The summed E-state index contributed by atoms with van der Waals surface area (Å²) >= 11 is 0. The van der Waals surface area contributed by atoms with E-state index in [-0.39, 0.29) is 0 Å². The van der Waals surface area contributed by atoms with E-state index < -0.39 is 0 Å². The van der Waals surface area contributed by atoms with Gasteiger partial charge < -0.3 is 5.32 Å². The van der Waals surface area contributed by atoms with Gasteiger partial charge in [0, 0.05) is 18.1 Å². The Bertz CT molecular complexity index is 285. The van der Waals surface area contributed by atoms with Crippen molar-refractivity contribution in [3.8, 4) is 0 Å². The van der Waals surface area contributed by atoms with E-state index in [1.165, 1.54) is 64.5 Å². The Morgan fingerprint density at radius 1 is 0.895 bits per heavy atom. The first-order chi connectivity index (χ1) is 9.25. The van der Waals surface area contributed by atoms with E-state index in [9.17, 15) is 0 Å². The second-order valence-corrected chi connectivity index (χ2v) is 7.43. The van der Waals surface area contributed by atoms with E-state index in [1.54, 1.807) is 0 Å². The first-order valence-electron chi connectivity index (χ1n) is 8.75. The molecule has 5 unspecified atom stereocenters. The van der Waals surface area contributed by atoms with Crippen molar-refractivity contribution in [3.05, 3.63) is 0 Å². The number of likely N-dealkylation sites (tertiary alicyclic amines) is 1. The summed E-state index contributed by atoms with van der Waals surface area (Å²) in [6, 6.07) is 2.54. The smallest absolute Gasteiger partial charge is 0.0252 e. The lowest BCUT2D eigenvalue weighted by atomic mass is 9.77. The fraction of sp³-hybridized carbons (Fsp3) is 1.00. The molecule has 3 fully saturated rings. The molecule has 2 aliphatic heterocycles. The monoisotopic (exact) mass is 264 g/mol. The Hall–Kier alpha value is -0.0800. The zero-order chi connectivity index (χ0) is 13.2. The van der Waals surface area contributed by atoms with Crippen LogP contribution >= 0.6 is 0 Å². The molecule has 0 spiro atoms. The predicted octanol–water partition coefficient (Wildman–Crippen LogP) is 3.42. The van der Waals surface area contributed by atoms with Crippen LogP contribution in [0.25, 0.3) is 0 Å². The topological polar surface area (TPSA) is 15.3 Å². The molecule has 19 heavy (non-hydrogen) atoms. The lowest BCUT2D eigenvalue weighted by Gasteiger charge is -2.47. The summed E-state index contributed by atoms with van der Waals surface area (Å²) in [5.41, 5.74) is 0. The minimum atomic E-state index is 0.801. The minimum absolute atomic E-state index is 0.801. The standard InChI is InChI=1S/C17H32N2/c1-13-8-9-15(12-14(13)2)19-11-4-3-7-17(19)16-6-5-10-18-16/h13-18H,3-12H2,1-2H3. The molecule has 0 aromatic rings. The van der Waals surface area contributed by atoms with Gasteiger partial charge in [-0.3, -0.25) is 4.90 Å². The van der Waals surface area contributed by atoms with Gasteiger partial charge in [-0.2, -0.15) is 0 Å². The molecule has 5 atom stereocenters. The van der Waals surface area contributed by atoms with Crippen LogP contribution in [0.5, 0.6) is 0 Å². The van der Waals surface area contributed by atoms with Crippen molar-refractivity contribution in [1.82, 2.24) is 10.2 Å². The maximum Gasteiger partial charge on any atom is 0.0252 e. The zero-order valence-electron chi connectivity index (χ0n) is 12.9. The molecule has 3 rings (SSSR count). The molecule has 3 aliphatic rings. The summed E-state index contributed by atoms with van der Waals surface area (Å²) < 4.78 is 0. The molecule has 1 saturated carbocycles. The number of hydrogen-bond donors (Lipinski definition) is 1. The van der Waals surface area contributed by atoms with Gasteiger partial charge in [0.05, 0.1) is 0 Å². The molecule has 0 radical (unpaired) electrons. The summed E-state index contributed by atoms with van der Waals surface area (Å²) in [6.07, 6.45) is 11.5. The molecular weight excluding hydrogens is 232 g/mol. The third kappa shape index (κ3) is 3.00. The van der Waals surface area contributed by atoms with Gasteiger partial charge in [-0.05, 0) is 69.9 Å². The first kappa shape index (κ1) is 13.9. The average molecular weight is 264 g/mol. The fourth-order valence-electron chi connectivity index (χ4n) is 4.73. The molecule has 1 N–H and O–H groups in total. The van der Waals surface area contributed by atoms with Gasteiger partial charge in [0.1, 0.15) is 0 Å². The van der Waals surface area contributed by atoms with Gasteiger partial charge in [0.2, 0.25) is 0 Å². The van der Waals surface area contributed by atoms with E-state index in [0.717, 1.165) is 30.0 Å². The van der Waals surface area contributed by atoms with E-state index in [2.05, 4.69) is 24.1 Å². The fourth-order valence-corrected chi connectivity index (χ4v) is 4.73. The van der Waals surface area contributed by atoms with Crippen molar-refractivity contribution in [2.75, 3.05) is 13.1 Å². The van der Waals surface area contributed by atoms with Gasteiger partial charge in [0.25, 0.3) is 0 Å². The highest BCUT2D eigenvalue weighted by atomic mass is 15.2. The SMILES string of the molecule is CC1CCC(N2CCCCC2C2CCCN2)CC1C. The number of rotatable bonds is 2. The van der Waals surface area contributed by atoms with E-state index in [1.807, 2.05) is 0 Å². The molecule has 2 saturated heterocycles. The molecule has 110 valence electrons. The van der Waals surface area contributed by atoms with Crippen LogP contribution in [0.3, 0.4) is 0 Å². The van der Waals surface area contributed by atoms with Crippen molar-refractivity contribution >= 4 is 0 Å². The number of nitrogens with zero attached hydrogens (tertiary/aromatic N) is 1. The molecule has 1 aliphatic carbocycles. The molecule has 2 nitrogen and oxygen atoms in total. The van der Waals surface area contributed by atoms with Crippen molar-refractivity contribution in [1.29, 1.82) is 0 Å². The normalized spacial score (nSPS) is 45.5. The molecule has 0 aromatic heterocycles. The predicted molar refractivity (Wildman–Crippen MR) is 81.3 cm³/mol. The van der Waals surface area contributed by atoms with Crippen molar-refractivity contribution < 1.29 is 0 Å². The van der Waals surface area contributed by atoms with Crippen LogP contribution in [0.4, 0.5) is 0 Å². The van der Waals surface area contributed by atoms with Crippen LogP contribution in [-0.4, -0.2) is 36.1 Å². The second-order valence-electron chi connectivity index (χ2n) is 7.43. The highest BCUT2D eigenvalue weighted by molar-refractivity contribution is 4.94.